The van der Waals surface area contributed by atoms with Crippen molar-refractivity contribution in [3.05, 3.63) is 0 Å². The standard InChI is InChI=1S/C19H37NO3/c1-4-5-6-11-14-19(17(3)21,18(22)23)15-12-9-7-8-10-13-16(2)20/h16H,4-15,20H2,1-3H3,(H,22,23)/p-1. The molecule has 0 aliphatic heterocycles. The number of ketones is 1. The van der Waals surface area contributed by atoms with E-state index in [4.69, 9.17) is 5.73 Å². The van der Waals surface area contributed by atoms with Crippen LogP contribution in [0.4, 0.5) is 0 Å². The van der Waals surface area contributed by atoms with Gasteiger partial charge in [-0.3, -0.25) is 4.79 Å². The zero-order chi connectivity index (χ0) is 17.7. The Hall–Kier alpha value is -0.900. The van der Waals surface area contributed by atoms with Crippen molar-refractivity contribution in [2.45, 2.75) is 104 Å². The lowest BCUT2D eigenvalue weighted by Crippen LogP contribution is -2.47. The number of hydrogen-bond acceptors (Lipinski definition) is 4. The first-order valence-corrected chi connectivity index (χ1v) is 9.35. The normalized spacial score (nSPS) is 15.1. The quantitative estimate of drug-likeness (QED) is 0.369. The van der Waals surface area contributed by atoms with Crippen molar-refractivity contribution in [3.63, 3.8) is 0 Å². The van der Waals surface area contributed by atoms with Crippen LogP contribution in [0.15, 0.2) is 0 Å². The van der Waals surface area contributed by atoms with Crippen molar-refractivity contribution in [2.75, 3.05) is 0 Å². The van der Waals surface area contributed by atoms with Gasteiger partial charge >= 0.3 is 0 Å². The van der Waals surface area contributed by atoms with Crippen LogP contribution in [-0.4, -0.2) is 17.8 Å². The molecule has 0 heterocycles. The van der Waals surface area contributed by atoms with Crippen LogP contribution in [0.5, 0.6) is 0 Å². The maximum absolute atomic E-state index is 12.0. The van der Waals surface area contributed by atoms with Gasteiger partial charge in [-0.25, -0.2) is 0 Å². The Bertz CT molecular complexity index is 326. The van der Waals surface area contributed by atoms with E-state index in [0.29, 0.717) is 12.8 Å². The molecule has 0 aromatic carbocycles. The monoisotopic (exact) mass is 326 g/mol. The van der Waals surface area contributed by atoms with Gasteiger partial charge in [0.1, 0.15) is 5.78 Å². The number of carboxylic acid groups (broad SMARTS) is 1. The van der Waals surface area contributed by atoms with Crippen LogP contribution in [0, 0.1) is 5.41 Å². The third kappa shape index (κ3) is 9.09. The molecule has 0 bridgehead atoms. The van der Waals surface area contributed by atoms with Crippen molar-refractivity contribution in [2.24, 2.45) is 11.1 Å². The highest BCUT2D eigenvalue weighted by molar-refractivity contribution is 6.00. The van der Waals surface area contributed by atoms with E-state index in [2.05, 4.69) is 6.92 Å². The molecule has 4 nitrogen and oxygen atoms in total. The maximum atomic E-state index is 12.0. The Morgan fingerprint density at radius 1 is 0.957 bits per heavy atom. The molecule has 0 rings (SSSR count). The second-order valence-corrected chi connectivity index (χ2v) is 7.02. The van der Waals surface area contributed by atoms with E-state index in [9.17, 15) is 14.7 Å². The van der Waals surface area contributed by atoms with Crippen LogP contribution < -0.4 is 10.8 Å². The van der Waals surface area contributed by atoms with E-state index in [1.807, 2.05) is 6.92 Å². The van der Waals surface area contributed by atoms with Crippen molar-refractivity contribution < 1.29 is 14.7 Å². The first kappa shape index (κ1) is 22.1. The highest BCUT2D eigenvalue weighted by atomic mass is 16.4. The number of nitrogens with two attached hydrogens (primary N) is 1. The molecule has 0 aliphatic rings. The zero-order valence-corrected chi connectivity index (χ0v) is 15.4. The van der Waals surface area contributed by atoms with Gasteiger partial charge in [0.15, 0.2) is 0 Å². The fraction of sp³-hybridized carbons (Fsp3) is 0.895. The Balaban J connectivity index is 4.26. The summed E-state index contributed by atoms with van der Waals surface area (Å²) < 4.78 is 0. The summed E-state index contributed by atoms with van der Waals surface area (Å²) in [4.78, 5) is 23.6. The van der Waals surface area contributed by atoms with Crippen LogP contribution in [0.3, 0.4) is 0 Å². The summed E-state index contributed by atoms with van der Waals surface area (Å²) in [5, 5.41) is 11.6. The average molecular weight is 327 g/mol. The van der Waals surface area contributed by atoms with Gasteiger partial charge in [-0.2, -0.15) is 0 Å². The number of hydrogen-bond donors (Lipinski definition) is 1. The third-order valence-corrected chi connectivity index (χ3v) is 4.78. The molecule has 0 amide bonds. The molecule has 0 saturated heterocycles. The molecule has 0 aromatic heterocycles. The summed E-state index contributed by atoms with van der Waals surface area (Å²) in [6.07, 6.45) is 10.9. The molecule has 2 N–H and O–H groups in total. The minimum atomic E-state index is -1.26. The summed E-state index contributed by atoms with van der Waals surface area (Å²) in [5.41, 5.74) is 4.45. The molecule has 4 heteroatoms. The molecule has 0 fully saturated rings. The average Bonchev–Trinajstić information content (AvgIpc) is 2.47. The van der Waals surface area contributed by atoms with Gasteiger partial charge in [0.25, 0.3) is 0 Å². The number of carbonyl (C=O) groups excluding carboxylic acids is 2. The maximum Gasteiger partial charge on any atom is 0.141 e. The molecule has 23 heavy (non-hydrogen) atoms. The van der Waals surface area contributed by atoms with Crippen molar-refractivity contribution >= 4 is 11.8 Å². The molecule has 0 spiro atoms. The highest BCUT2D eigenvalue weighted by Gasteiger charge is 2.35. The number of carboxylic acids is 1. The SMILES string of the molecule is CCCCCCC(CCCCCCCC(C)N)(C(C)=O)C(=O)[O-]. The lowest BCUT2D eigenvalue weighted by Gasteiger charge is -2.32. The van der Waals surface area contributed by atoms with Gasteiger partial charge in [0, 0.05) is 6.04 Å². The minimum Gasteiger partial charge on any atom is -0.549 e. The van der Waals surface area contributed by atoms with Crippen LogP contribution in [0.25, 0.3) is 0 Å². The molecule has 2 unspecified atom stereocenters. The predicted octanol–water partition coefficient (Wildman–Crippen LogP) is 3.36. The van der Waals surface area contributed by atoms with Gasteiger partial charge in [-0.1, -0.05) is 64.7 Å². The molecule has 0 aliphatic carbocycles. The Morgan fingerprint density at radius 2 is 1.43 bits per heavy atom. The zero-order valence-electron chi connectivity index (χ0n) is 15.4. The van der Waals surface area contributed by atoms with Gasteiger partial charge in [-0.05, 0) is 33.1 Å². The van der Waals surface area contributed by atoms with E-state index in [0.717, 1.165) is 64.2 Å². The summed E-state index contributed by atoms with van der Waals surface area (Å²) in [6, 6.07) is 0.251. The van der Waals surface area contributed by atoms with Gasteiger partial charge in [0.2, 0.25) is 0 Å². The van der Waals surface area contributed by atoms with Crippen LogP contribution in [-0.2, 0) is 9.59 Å². The fourth-order valence-electron chi connectivity index (χ4n) is 3.10. The van der Waals surface area contributed by atoms with E-state index in [1.165, 1.54) is 6.92 Å². The first-order chi connectivity index (χ1) is 10.9. The van der Waals surface area contributed by atoms with E-state index < -0.39 is 11.4 Å². The van der Waals surface area contributed by atoms with Crippen molar-refractivity contribution in [1.29, 1.82) is 0 Å². The number of carbonyl (C=O) groups is 2. The predicted molar refractivity (Wildman–Crippen MR) is 92.8 cm³/mol. The van der Waals surface area contributed by atoms with E-state index in [1.54, 1.807) is 0 Å². The lowest BCUT2D eigenvalue weighted by molar-refractivity contribution is -0.317. The van der Waals surface area contributed by atoms with Crippen LogP contribution in [0.2, 0.25) is 0 Å². The Labute approximate surface area is 142 Å². The number of unbranched alkanes of at least 4 members (excludes halogenated alkanes) is 7. The highest BCUT2D eigenvalue weighted by Crippen LogP contribution is 2.32. The van der Waals surface area contributed by atoms with Crippen molar-refractivity contribution in [3.8, 4) is 0 Å². The molecular weight excluding hydrogens is 290 g/mol. The molecule has 2 atom stereocenters. The summed E-state index contributed by atoms with van der Waals surface area (Å²) >= 11 is 0. The lowest BCUT2D eigenvalue weighted by atomic mass is 9.75. The summed E-state index contributed by atoms with van der Waals surface area (Å²) in [5.74, 6) is -1.43. The molecule has 136 valence electrons. The molecular formula is C19H36NO3-. The Morgan fingerprint density at radius 3 is 1.87 bits per heavy atom. The minimum absolute atomic E-state index is 0.244. The number of rotatable bonds is 15. The smallest absolute Gasteiger partial charge is 0.141 e. The fourth-order valence-corrected chi connectivity index (χ4v) is 3.10. The van der Waals surface area contributed by atoms with Gasteiger partial charge in [-0.15, -0.1) is 0 Å². The first-order valence-electron chi connectivity index (χ1n) is 9.35. The number of aliphatic carboxylic acids is 1. The van der Waals surface area contributed by atoms with E-state index >= 15 is 0 Å². The Kier molecular flexibility index (Phi) is 12.0. The largest absolute Gasteiger partial charge is 0.549 e. The van der Waals surface area contributed by atoms with E-state index in [-0.39, 0.29) is 11.8 Å². The molecule has 0 saturated carbocycles. The van der Waals surface area contributed by atoms with Gasteiger partial charge < -0.3 is 15.6 Å². The summed E-state index contributed by atoms with van der Waals surface area (Å²) in [6.45, 7) is 5.53. The second kappa shape index (κ2) is 12.5. The van der Waals surface area contributed by atoms with Crippen molar-refractivity contribution in [1.82, 2.24) is 0 Å². The van der Waals surface area contributed by atoms with Crippen LogP contribution >= 0.6 is 0 Å². The number of Topliss-reactive ketones (excluding diaryl/α,β-unsaturated/α-hetero) is 1. The second-order valence-electron chi connectivity index (χ2n) is 7.02. The van der Waals surface area contributed by atoms with Gasteiger partial charge in [0.05, 0.1) is 11.4 Å². The summed E-state index contributed by atoms with van der Waals surface area (Å²) in [7, 11) is 0. The molecule has 0 radical (unpaired) electrons. The third-order valence-electron chi connectivity index (χ3n) is 4.78. The van der Waals surface area contributed by atoms with Crippen LogP contribution in [0.1, 0.15) is 97.8 Å². The topological polar surface area (TPSA) is 83.2 Å². The molecule has 0 aromatic rings.